The molecule has 2 aromatic heterocycles. The summed E-state index contributed by atoms with van der Waals surface area (Å²) in [7, 11) is 1.52. The lowest BCUT2D eigenvalue weighted by Crippen LogP contribution is -2.38. The number of thiophene rings is 1. The first-order valence-electron chi connectivity index (χ1n) is 11.9. The molecule has 0 unspecified atom stereocenters. The maximum atomic E-state index is 13.9. The summed E-state index contributed by atoms with van der Waals surface area (Å²) in [5.74, 6) is -1.04. The molecule has 8 heteroatoms. The van der Waals surface area contributed by atoms with E-state index in [2.05, 4.69) is 9.88 Å². The van der Waals surface area contributed by atoms with Gasteiger partial charge in [0.2, 0.25) is 0 Å². The van der Waals surface area contributed by atoms with Crippen molar-refractivity contribution in [1.29, 1.82) is 0 Å². The Morgan fingerprint density at radius 3 is 2.53 bits per heavy atom. The minimum absolute atomic E-state index is 0.000420. The lowest BCUT2D eigenvalue weighted by Gasteiger charge is -2.26. The third-order valence-electron chi connectivity index (χ3n) is 6.89. The van der Waals surface area contributed by atoms with Gasteiger partial charge in [0.05, 0.1) is 28.8 Å². The van der Waals surface area contributed by atoms with Crippen LogP contribution in [-0.4, -0.2) is 34.7 Å². The van der Waals surface area contributed by atoms with Gasteiger partial charge in [-0.15, -0.1) is 11.3 Å². The number of carboxylic acids is 1. The first-order chi connectivity index (χ1) is 17.4. The number of methoxy groups -OCH3 is 1. The molecule has 2 aromatic carbocycles. The predicted octanol–water partition coefficient (Wildman–Crippen LogP) is 5.94. The molecule has 2 heterocycles. The maximum absolute atomic E-state index is 13.9. The molecule has 0 radical (unpaired) electrons. The molecule has 0 saturated heterocycles. The number of ether oxygens (including phenoxy) is 1. The van der Waals surface area contributed by atoms with Gasteiger partial charge in [-0.3, -0.25) is 9.59 Å². The van der Waals surface area contributed by atoms with Crippen LogP contribution in [0.4, 0.5) is 4.39 Å². The summed E-state index contributed by atoms with van der Waals surface area (Å²) in [6.45, 7) is 0.594. The van der Waals surface area contributed by atoms with E-state index in [1.54, 1.807) is 6.07 Å². The third kappa shape index (κ3) is 4.99. The van der Waals surface area contributed by atoms with E-state index < -0.39 is 5.97 Å². The Labute approximate surface area is 212 Å². The van der Waals surface area contributed by atoms with Crippen LogP contribution in [0.25, 0.3) is 21.3 Å². The van der Waals surface area contributed by atoms with Gasteiger partial charge >= 0.3 is 5.97 Å². The van der Waals surface area contributed by atoms with Crippen LogP contribution >= 0.6 is 11.3 Å². The molecular formula is C28H27FN2O4S. The lowest BCUT2D eigenvalue weighted by molar-refractivity contribution is -0.142. The Balaban J connectivity index is 1.31. The molecule has 6 nitrogen and oxygen atoms in total. The average molecular weight is 507 g/mol. The normalized spacial score (nSPS) is 17.7. The summed E-state index contributed by atoms with van der Waals surface area (Å²) in [6.07, 6.45) is 4.53. The number of aromatic nitrogens is 1. The fourth-order valence-electron chi connectivity index (χ4n) is 4.90. The van der Waals surface area contributed by atoms with Crippen molar-refractivity contribution in [2.75, 3.05) is 7.11 Å². The summed E-state index contributed by atoms with van der Waals surface area (Å²) >= 11 is 1.54. The van der Waals surface area contributed by atoms with E-state index >= 15 is 0 Å². The fourth-order valence-corrected chi connectivity index (χ4v) is 5.84. The molecule has 1 fully saturated rings. The Bertz CT molecular complexity index is 1400. The molecule has 36 heavy (non-hydrogen) atoms. The van der Waals surface area contributed by atoms with Crippen LogP contribution in [0.1, 0.15) is 41.6 Å². The summed E-state index contributed by atoms with van der Waals surface area (Å²) in [5, 5.41) is 14.2. The number of hydrogen-bond donors (Lipinski definition) is 2. The van der Waals surface area contributed by atoms with Gasteiger partial charge in [-0.05, 0) is 60.6 Å². The van der Waals surface area contributed by atoms with Gasteiger partial charge < -0.3 is 19.7 Å². The van der Waals surface area contributed by atoms with Gasteiger partial charge in [-0.1, -0.05) is 24.3 Å². The van der Waals surface area contributed by atoms with Crippen molar-refractivity contribution in [3.63, 3.8) is 0 Å². The number of hydrogen-bond acceptors (Lipinski definition) is 4. The van der Waals surface area contributed by atoms with E-state index in [-0.39, 0.29) is 23.7 Å². The SMILES string of the molecule is COc1cc(F)cc(-c2ccc(Cn3ccc4scc(C(=O)NC5CCC(C(=O)O)CC5)c43)cc2)c1. The van der Waals surface area contributed by atoms with Gasteiger partial charge in [-0.25, -0.2) is 4.39 Å². The average Bonchev–Trinajstić information content (AvgIpc) is 3.47. The molecular weight excluding hydrogens is 479 g/mol. The van der Waals surface area contributed by atoms with E-state index in [1.807, 2.05) is 41.9 Å². The van der Waals surface area contributed by atoms with Crippen molar-refractivity contribution in [1.82, 2.24) is 9.88 Å². The number of benzene rings is 2. The second kappa shape index (κ2) is 10.1. The molecule has 0 spiro atoms. The van der Waals surface area contributed by atoms with Gasteiger partial charge in [0.15, 0.2) is 0 Å². The highest BCUT2D eigenvalue weighted by atomic mass is 32.1. The number of halogens is 1. The zero-order valence-electron chi connectivity index (χ0n) is 19.9. The molecule has 0 bridgehead atoms. The number of amides is 1. The van der Waals surface area contributed by atoms with Crippen LogP contribution in [0, 0.1) is 11.7 Å². The Kier molecular flexibility index (Phi) is 6.78. The third-order valence-corrected chi connectivity index (χ3v) is 7.83. The fraction of sp³-hybridized carbons (Fsp3) is 0.286. The summed E-state index contributed by atoms with van der Waals surface area (Å²) in [5.41, 5.74) is 4.24. The van der Waals surface area contributed by atoms with Crippen molar-refractivity contribution in [2.45, 2.75) is 38.3 Å². The highest BCUT2D eigenvalue weighted by Crippen LogP contribution is 2.30. The topological polar surface area (TPSA) is 80.6 Å². The summed E-state index contributed by atoms with van der Waals surface area (Å²) in [6, 6.07) is 14.6. The second-order valence-corrected chi connectivity index (χ2v) is 10.2. The number of nitrogens with one attached hydrogen (secondary N) is 1. The van der Waals surface area contributed by atoms with E-state index in [4.69, 9.17) is 4.74 Å². The molecule has 186 valence electrons. The van der Waals surface area contributed by atoms with Gasteiger partial charge in [0.25, 0.3) is 5.91 Å². The van der Waals surface area contributed by atoms with Crippen molar-refractivity contribution in [3.05, 3.63) is 77.1 Å². The molecule has 1 aliphatic rings. The Hall–Kier alpha value is -3.65. The van der Waals surface area contributed by atoms with E-state index in [0.29, 0.717) is 43.5 Å². The molecule has 0 atom stereocenters. The standard InChI is InChI=1S/C28H27FN2O4S/c1-35-23-13-20(12-21(29)14-23)18-4-2-17(3-5-18)15-31-11-10-25-26(31)24(16-36-25)27(32)30-22-8-6-19(7-9-22)28(33)34/h2-5,10-14,16,19,22H,6-9,15H2,1H3,(H,30,32)(H,33,34). The van der Waals surface area contributed by atoms with E-state index in [9.17, 15) is 19.1 Å². The van der Waals surface area contributed by atoms with Crippen molar-refractivity contribution < 1.29 is 23.8 Å². The molecule has 5 rings (SSSR count). The number of aliphatic carboxylic acids is 1. The zero-order chi connectivity index (χ0) is 25.2. The van der Waals surface area contributed by atoms with Gasteiger partial charge in [-0.2, -0.15) is 0 Å². The number of rotatable bonds is 7. The molecule has 0 aliphatic heterocycles. The molecule has 4 aromatic rings. The van der Waals surface area contributed by atoms with Crippen LogP contribution in [0.15, 0.2) is 60.1 Å². The minimum Gasteiger partial charge on any atom is -0.497 e. The largest absolute Gasteiger partial charge is 0.497 e. The monoisotopic (exact) mass is 506 g/mol. The number of carboxylic acid groups (broad SMARTS) is 1. The molecule has 1 aliphatic carbocycles. The highest BCUT2D eigenvalue weighted by Gasteiger charge is 2.27. The number of fused-ring (bicyclic) bond motifs is 1. The van der Waals surface area contributed by atoms with Gasteiger partial charge in [0.1, 0.15) is 11.6 Å². The Morgan fingerprint density at radius 2 is 1.83 bits per heavy atom. The summed E-state index contributed by atoms with van der Waals surface area (Å²) in [4.78, 5) is 24.3. The van der Waals surface area contributed by atoms with Crippen LogP contribution < -0.4 is 10.1 Å². The van der Waals surface area contributed by atoms with Gasteiger partial charge in [0, 0.05) is 30.2 Å². The number of carbonyl (C=O) groups excluding carboxylic acids is 1. The summed E-state index contributed by atoms with van der Waals surface area (Å²) < 4.78 is 22.2. The molecule has 1 amide bonds. The van der Waals surface area contributed by atoms with Crippen LogP contribution in [0.3, 0.4) is 0 Å². The van der Waals surface area contributed by atoms with Crippen molar-refractivity contribution in [3.8, 4) is 16.9 Å². The quantitative estimate of drug-likeness (QED) is 0.325. The molecule has 1 saturated carbocycles. The van der Waals surface area contributed by atoms with E-state index in [0.717, 1.165) is 26.9 Å². The molecule has 2 N–H and O–H groups in total. The van der Waals surface area contributed by atoms with Crippen LogP contribution in [0.5, 0.6) is 5.75 Å². The maximum Gasteiger partial charge on any atom is 0.306 e. The van der Waals surface area contributed by atoms with E-state index in [1.165, 1.54) is 30.6 Å². The van der Waals surface area contributed by atoms with Crippen molar-refractivity contribution >= 4 is 33.4 Å². The highest BCUT2D eigenvalue weighted by molar-refractivity contribution is 7.17. The van der Waals surface area contributed by atoms with Crippen LogP contribution in [0.2, 0.25) is 0 Å². The van der Waals surface area contributed by atoms with Crippen LogP contribution in [-0.2, 0) is 11.3 Å². The zero-order valence-corrected chi connectivity index (χ0v) is 20.7. The second-order valence-electron chi connectivity index (χ2n) is 9.24. The first-order valence-corrected chi connectivity index (χ1v) is 12.8. The lowest BCUT2D eigenvalue weighted by atomic mass is 9.86. The smallest absolute Gasteiger partial charge is 0.306 e. The minimum atomic E-state index is -0.749. The first kappa shape index (κ1) is 24.1. The predicted molar refractivity (Wildman–Crippen MR) is 138 cm³/mol. The number of nitrogens with zero attached hydrogens (tertiary/aromatic N) is 1. The number of carbonyl (C=O) groups is 2. The Morgan fingerprint density at radius 1 is 1.08 bits per heavy atom. The van der Waals surface area contributed by atoms with Crippen molar-refractivity contribution in [2.24, 2.45) is 5.92 Å².